The van der Waals surface area contributed by atoms with Crippen molar-refractivity contribution < 1.29 is 0 Å². The van der Waals surface area contributed by atoms with Gasteiger partial charge in [0.05, 0.1) is 0 Å². The van der Waals surface area contributed by atoms with Crippen LogP contribution < -0.4 is 5.32 Å². The Morgan fingerprint density at radius 3 is 2.77 bits per heavy atom. The summed E-state index contributed by atoms with van der Waals surface area (Å²) >= 11 is 4.17. The molecule has 0 aromatic heterocycles. The van der Waals surface area contributed by atoms with E-state index < -0.39 is 0 Å². The molecule has 0 bridgehead atoms. The molecule has 2 aliphatic rings. The molecule has 1 N–H and O–H groups in total. The van der Waals surface area contributed by atoms with Gasteiger partial charge >= 0.3 is 0 Å². The normalized spacial score (nSPS) is 36.5. The van der Waals surface area contributed by atoms with Crippen LogP contribution in [0.1, 0.15) is 26.2 Å². The van der Waals surface area contributed by atoms with E-state index in [4.69, 9.17) is 0 Å². The maximum absolute atomic E-state index is 3.74. The van der Waals surface area contributed by atoms with E-state index in [1.54, 1.807) is 0 Å². The highest BCUT2D eigenvalue weighted by atomic mass is 32.2. The molecule has 2 rings (SSSR count). The summed E-state index contributed by atoms with van der Waals surface area (Å²) in [6.07, 6.45) is 6.47. The average Bonchev–Trinajstić information content (AvgIpc) is 2.82. The maximum atomic E-state index is 3.74. The molecule has 13 heavy (non-hydrogen) atoms. The average molecular weight is 217 g/mol. The van der Waals surface area contributed by atoms with E-state index in [2.05, 4.69) is 42.0 Å². The van der Waals surface area contributed by atoms with Crippen LogP contribution in [0.5, 0.6) is 0 Å². The van der Waals surface area contributed by atoms with Crippen LogP contribution in [0.25, 0.3) is 0 Å². The van der Waals surface area contributed by atoms with Gasteiger partial charge in [0.2, 0.25) is 0 Å². The molecule has 0 amide bonds. The third-order valence-corrected chi connectivity index (χ3v) is 6.05. The van der Waals surface area contributed by atoms with Crippen LogP contribution in [0.2, 0.25) is 0 Å². The lowest BCUT2D eigenvalue weighted by Crippen LogP contribution is -2.38. The highest BCUT2D eigenvalue weighted by Gasteiger charge is 2.42. The summed E-state index contributed by atoms with van der Waals surface area (Å²) in [5, 5.41) is 4.57. The minimum atomic E-state index is 0.632. The van der Waals surface area contributed by atoms with E-state index in [1.807, 2.05) is 0 Å². The molecule has 0 radical (unpaired) electrons. The number of rotatable bonds is 4. The van der Waals surface area contributed by atoms with Crippen LogP contribution in [0, 0.1) is 0 Å². The SMILES string of the molecule is CSC1(CNC2CCSC2C)CC1. The third-order valence-electron chi connectivity index (χ3n) is 3.30. The van der Waals surface area contributed by atoms with Crippen LogP contribution >= 0.6 is 23.5 Å². The van der Waals surface area contributed by atoms with E-state index in [9.17, 15) is 0 Å². The second-order valence-corrected chi connectivity index (χ2v) is 7.00. The van der Waals surface area contributed by atoms with Gasteiger partial charge in [0.15, 0.2) is 0 Å². The first-order valence-electron chi connectivity index (χ1n) is 5.16. The molecule has 2 atom stereocenters. The van der Waals surface area contributed by atoms with Crippen molar-refractivity contribution in [2.75, 3.05) is 18.6 Å². The molecule has 2 fully saturated rings. The Morgan fingerprint density at radius 2 is 2.31 bits per heavy atom. The van der Waals surface area contributed by atoms with Gasteiger partial charge < -0.3 is 5.32 Å². The van der Waals surface area contributed by atoms with Gasteiger partial charge in [0.25, 0.3) is 0 Å². The van der Waals surface area contributed by atoms with E-state index in [-0.39, 0.29) is 0 Å². The van der Waals surface area contributed by atoms with Gasteiger partial charge in [0.1, 0.15) is 0 Å². The summed E-state index contributed by atoms with van der Waals surface area (Å²) in [5.74, 6) is 1.35. The number of hydrogen-bond acceptors (Lipinski definition) is 3. The van der Waals surface area contributed by atoms with Gasteiger partial charge in [-0.05, 0) is 31.3 Å². The van der Waals surface area contributed by atoms with Crippen LogP contribution in [-0.2, 0) is 0 Å². The molecule has 3 heteroatoms. The second kappa shape index (κ2) is 4.03. The quantitative estimate of drug-likeness (QED) is 0.776. The minimum Gasteiger partial charge on any atom is -0.311 e. The summed E-state index contributed by atoms with van der Waals surface area (Å²) in [5.41, 5.74) is 0. The first-order valence-corrected chi connectivity index (χ1v) is 7.43. The van der Waals surface area contributed by atoms with E-state index in [0.29, 0.717) is 4.75 Å². The molecule has 76 valence electrons. The summed E-state index contributed by atoms with van der Waals surface area (Å²) < 4.78 is 0.632. The second-order valence-electron chi connectivity index (χ2n) is 4.24. The molecule has 0 aromatic carbocycles. The number of thioether (sulfide) groups is 2. The number of nitrogens with one attached hydrogen (secondary N) is 1. The van der Waals surface area contributed by atoms with Gasteiger partial charge in [-0.25, -0.2) is 0 Å². The summed E-state index contributed by atoms with van der Waals surface area (Å²) in [4.78, 5) is 0. The van der Waals surface area contributed by atoms with Crippen molar-refractivity contribution in [3.05, 3.63) is 0 Å². The van der Waals surface area contributed by atoms with E-state index >= 15 is 0 Å². The van der Waals surface area contributed by atoms with E-state index in [0.717, 1.165) is 11.3 Å². The van der Waals surface area contributed by atoms with Crippen LogP contribution in [-0.4, -0.2) is 34.6 Å². The van der Waals surface area contributed by atoms with Crippen LogP contribution in [0.3, 0.4) is 0 Å². The molecule has 1 saturated heterocycles. The zero-order valence-electron chi connectivity index (χ0n) is 8.51. The number of hydrogen-bond donors (Lipinski definition) is 1. The summed E-state index contributed by atoms with van der Waals surface area (Å²) in [6.45, 7) is 3.59. The highest BCUT2D eigenvalue weighted by Crippen LogP contribution is 2.46. The zero-order valence-corrected chi connectivity index (χ0v) is 10.1. The van der Waals surface area contributed by atoms with Gasteiger partial charge in [-0.15, -0.1) is 0 Å². The van der Waals surface area contributed by atoms with Gasteiger partial charge in [-0.2, -0.15) is 23.5 Å². The molecule has 1 heterocycles. The van der Waals surface area contributed by atoms with Gasteiger partial charge in [0, 0.05) is 22.6 Å². The smallest absolute Gasteiger partial charge is 0.0282 e. The third kappa shape index (κ3) is 2.37. The molecular formula is C10H19NS2. The van der Waals surface area contributed by atoms with E-state index in [1.165, 1.54) is 31.6 Å². The Hall–Kier alpha value is 0.660. The molecule has 1 aliphatic heterocycles. The first-order chi connectivity index (χ1) is 6.26. The zero-order chi connectivity index (χ0) is 9.31. The predicted octanol–water partition coefficient (Wildman–Crippen LogP) is 2.37. The summed E-state index contributed by atoms with van der Waals surface area (Å²) in [7, 11) is 0. The Bertz CT molecular complexity index is 180. The Morgan fingerprint density at radius 1 is 1.54 bits per heavy atom. The fourth-order valence-electron chi connectivity index (χ4n) is 1.91. The predicted molar refractivity (Wildman–Crippen MR) is 63.8 cm³/mol. The minimum absolute atomic E-state index is 0.632. The van der Waals surface area contributed by atoms with Crippen molar-refractivity contribution in [2.24, 2.45) is 0 Å². The van der Waals surface area contributed by atoms with Crippen LogP contribution in [0.15, 0.2) is 0 Å². The maximum Gasteiger partial charge on any atom is 0.0282 e. The Kier molecular flexibility index (Phi) is 3.16. The standard InChI is InChI=1S/C10H19NS2/c1-8-9(3-6-13-8)11-7-10(12-2)4-5-10/h8-9,11H,3-7H2,1-2H3. The lowest BCUT2D eigenvalue weighted by atomic mass is 10.1. The van der Waals surface area contributed by atoms with Gasteiger partial charge in [-0.1, -0.05) is 6.92 Å². The van der Waals surface area contributed by atoms with Crippen LogP contribution in [0.4, 0.5) is 0 Å². The van der Waals surface area contributed by atoms with Crippen molar-refractivity contribution in [1.29, 1.82) is 0 Å². The Balaban J connectivity index is 1.73. The molecule has 0 spiro atoms. The molecule has 1 aliphatic carbocycles. The van der Waals surface area contributed by atoms with Crippen molar-refractivity contribution in [2.45, 2.75) is 42.2 Å². The van der Waals surface area contributed by atoms with Gasteiger partial charge in [-0.3, -0.25) is 0 Å². The van der Waals surface area contributed by atoms with Crippen molar-refractivity contribution in [3.8, 4) is 0 Å². The fraction of sp³-hybridized carbons (Fsp3) is 1.00. The van der Waals surface area contributed by atoms with Crippen molar-refractivity contribution >= 4 is 23.5 Å². The molecule has 1 saturated carbocycles. The largest absolute Gasteiger partial charge is 0.311 e. The highest BCUT2D eigenvalue weighted by molar-refractivity contribution is 8.00. The topological polar surface area (TPSA) is 12.0 Å². The monoisotopic (exact) mass is 217 g/mol. The van der Waals surface area contributed by atoms with Crippen molar-refractivity contribution in [3.63, 3.8) is 0 Å². The van der Waals surface area contributed by atoms with Crippen molar-refractivity contribution in [1.82, 2.24) is 5.32 Å². The molecular weight excluding hydrogens is 198 g/mol. The summed E-state index contributed by atoms with van der Waals surface area (Å²) in [6, 6.07) is 0.787. The molecule has 1 nitrogen and oxygen atoms in total. The fourth-order valence-corrected chi connectivity index (χ4v) is 3.87. The molecule has 0 aromatic rings. The first kappa shape index (κ1) is 10.2. The lowest BCUT2D eigenvalue weighted by molar-refractivity contribution is 0.508. The Labute approximate surface area is 89.8 Å². The lowest BCUT2D eigenvalue weighted by Gasteiger charge is -2.20. The molecule has 2 unspecified atom stereocenters.